The molecule has 0 amide bonds. The molecule has 1 aliphatic rings. The number of benzene rings is 2. The van der Waals surface area contributed by atoms with Crippen molar-refractivity contribution in [1.29, 1.82) is 0 Å². The van der Waals surface area contributed by atoms with Gasteiger partial charge in [-0.15, -0.1) is 0 Å². The molecule has 2 aromatic carbocycles. The molecule has 0 N–H and O–H groups in total. The van der Waals surface area contributed by atoms with Crippen molar-refractivity contribution in [3.05, 3.63) is 53.6 Å². The number of carbonyl (C=O) groups excluding carboxylic acids is 1. The summed E-state index contributed by atoms with van der Waals surface area (Å²) in [6.07, 6.45) is 1.25. The molecule has 0 aromatic heterocycles. The van der Waals surface area contributed by atoms with Crippen LogP contribution in [0.3, 0.4) is 0 Å². The second-order valence-corrected chi connectivity index (χ2v) is 4.44. The normalized spacial score (nSPS) is 11.8. The van der Waals surface area contributed by atoms with Crippen LogP contribution in [0.4, 0.5) is 0 Å². The fourth-order valence-electron chi connectivity index (χ4n) is 2.42. The summed E-state index contributed by atoms with van der Waals surface area (Å²) in [5.74, 6) is 0.523. The van der Waals surface area contributed by atoms with Crippen LogP contribution in [0.2, 0.25) is 0 Å². The van der Waals surface area contributed by atoms with Crippen molar-refractivity contribution in [2.45, 2.75) is 19.8 Å². The second-order valence-electron chi connectivity index (χ2n) is 4.44. The van der Waals surface area contributed by atoms with Crippen LogP contribution < -0.4 is 4.74 Å². The van der Waals surface area contributed by atoms with Crippen LogP contribution >= 0.6 is 0 Å². The molecule has 2 nitrogen and oxygen atoms in total. The zero-order valence-electron chi connectivity index (χ0n) is 10.3. The van der Waals surface area contributed by atoms with Crippen LogP contribution in [0.5, 0.6) is 5.75 Å². The number of hydrogen-bond donors (Lipinski definition) is 0. The van der Waals surface area contributed by atoms with Crippen LogP contribution in [0.1, 0.15) is 24.5 Å². The van der Waals surface area contributed by atoms with Gasteiger partial charge in [0, 0.05) is 18.4 Å². The summed E-state index contributed by atoms with van der Waals surface area (Å²) < 4.78 is 5.40. The van der Waals surface area contributed by atoms with Gasteiger partial charge in [-0.1, -0.05) is 43.3 Å². The maximum absolute atomic E-state index is 11.4. The maximum atomic E-state index is 11.4. The Morgan fingerprint density at radius 2 is 1.89 bits per heavy atom. The van der Waals surface area contributed by atoms with E-state index in [4.69, 9.17) is 4.74 Å². The molecule has 2 aromatic rings. The molecule has 2 heteroatoms. The second kappa shape index (κ2) is 4.30. The predicted molar refractivity (Wildman–Crippen MR) is 70.6 cm³/mol. The predicted octanol–water partition coefficient (Wildman–Crippen LogP) is 3.57. The van der Waals surface area contributed by atoms with Gasteiger partial charge >= 0.3 is 5.97 Å². The van der Waals surface area contributed by atoms with E-state index in [1.54, 1.807) is 6.92 Å². The molecule has 0 saturated heterocycles. The summed E-state index contributed by atoms with van der Waals surface area (Å²) in [4.78, 5) is 11.4. The van der Waals surface area contributed by atoms with Gasteiger partial charge in [0.05, 0.1) is 0 Å². The molecule has 0 radical (unpaired) electrons. The average molecular weight is 238 g/mol. The van der Waals surface area contributed by atoms with Gasteiger partial charge in [-0.25, -0.2) is 0 Å². The molecule has 3 rings (SSSR count). The summed E-state index contributed by atoms with van der Waals surface area (Å²) in [5.41, 5.74) is 4.86. The molecule has 90 valence electrons. The van der Waals surface area contributed by atoms with Gasteiger partial charge in [-0.3, -0.25) is 4.79 Å². The summed E-state index contributed by atoms with van der Waals surface area (Å²) in [6, 6.07) is 14.2. The van der Waals surface area contributed by atoms with Gasteiger partial charge in [0.15, 0.2) is 0 Å². The third-order valence-electron chi connectivity index (χ3n) is 3.32. The van der Waals surface area contributed by atoms with E-state index >= 15 is 0 Å². The van der Waals surface area contributed by atoms with Crippen molar-refractivity contribution >= 4 is 5.97 Å². The minimum absolute atomic E-state index is 0.181. The molecule has 0 fully saturated rings. The van der Waals surface area contributed by atoms with Gasteiger partial charge < -0.3 is 4.74 Å². The zero-order chi connectivity index (χ0) is 12.5. The molecule has 0 atom stereocenters. The van der Waals surface area contributed by atoms with Crippen LogP contribution in [0.25, 0.3) is 11.1 Å². The molecular weight excluding hydrogens is 224 g/mol. The van der Waals surface area contributed by atoms with E-state index in [2.05, 4.69) is 18.2 Å². The van der Waals surface area contributed by atoms with Gasteiger partial charge in [-0.2, -0.15) is 0 Å². The molecular formula is C16H14O2. The monoisotopic (exact) mass is 238 g/mol. The van der Waals surface area contributed by atoms with E-state index in [0.29, 0.717) is 12.2 Å². The molecule has 0 aliphatic heterocycles. The van der Waals surface area contributed by atoms with Crippen LogP contribution in [0, 0.1) is 0 Å². The molecule has 0 heterocycles. The van der Waals surface area contributed by atoms with Crippen molar-refractivity contribution in [3.8, 4) is 16.9 Å². The lowest BCUT2D eigenvalue weighted by atomic mass is 10.1. The Morgan fingerprint density at radius 3 is 2.72 bits per heavy atom. The summed E-state index contributed by atoms with van der Waals surface area (Å²) >= 11 is 0. The third kappa shape index (κ3) is 1.70. The van der Waals surface area contributed by atoms with E-state index < -0.39 is 0 Å². The largest absolute Gasteiger partial charge is 0.426 e. The first-order valence-electron chi connectivity index (χ1n) is 6.20. The summed E-state index contributed by atoms with van der Waals surface area (Å²) in [5, 5.41) is 0. The Bertz CT molecular complexity index is 614. The van der Waals surface area contributed by atoms with Gasteiger partial charge in [-0.05, 0) is 22.8 Å². The highest BCUT2D eigenvalue weighted by atomic mass is 16.5. The molecule has 18 heavy (non-hydrogen) atoms. The first-order valence-corrected chi connectivity index (χ1v) is 6.20. The van der Waals surface area contributed by atoms with Crippen LogP contribution in [0.15, 0.2) is 42.5 Å². The van der Waals surface area contributed by atoms with Gasteiger partial charge in [0.2, 0.25) is 0 Å². The minimum Gasteiger partial charge on any atom is -0.426 e. The summed E-state index contributed by atoms with van der Waals surface area (Å²) in [7, 11) is 0. The number of esters is 1. The van der Waals surface area contributed by atoms with Gasteiger partial charge in [0.1, 0.15) is 5.75 Å². The lowest BCUT2D eigenvalue weighted by Crippen LogP contribution is -2.07. The number of carbonyl (C=O) groups is 1. The SMILES string of the molecule is CCC(=O)Oc1cccc2c1Cc1ccccc1-2. The van der Waals surface area contributed by atoms with Crippen LogP contribution in [-0.2, 0) is 11.2 Å². The maximum Gasteiger partial charge on any atom is 0.310 e. The number of hydrogen-bond acceptors (Lipinski definition) is 2. The third-order valence-corrected chi connectivity index (χ3v) is 3.32. The standard InChI is InChI=1S/C16H14O2/c1-2-16(17)18-15-9-5-8-13-12-7-4-3-6-11(12)10-14(13)15/h3-9H,2,10H2,1H3. The van der Waals surface area contributed by atoms with Crippen molar-refractivity contribution in [2.24, 2.45) is 0 Å². The fraction of sp³-hybridized carbons (Fsp3) is 0.188. The zero-order valence-corrected chi connectivity index (χ0v) is 10.3. The molecule has 0 bridgehead atoms. The Morgan fingerprint density at radius 1 is 1.11 bits per heavy atom. The first-order chi connectivity index (χ1) is 8.79. The van der Waals surface area contributed by atoms with Crippen molar-refractivity contribution in [2.75, 3.05) is 0 Å². The molecule has 0 unspecified atom stereocenters. The van der Waals surface area contributed by atoms with E-state index in [9.17, 15) is 4.79 Å². The van der Waals surface area contributed by atoms with Crippen molar-refractivity contribution in [3.63, 3.8) is 0 Å². The number of fused-ring (bicyclic) bond motifs is 3. The van der Waals surface area contributed by atoms with E-state index in [0.717, 1.165) is 12.0 Å². The highest BCUT2D eigenvalue weighted by Crippen LogP contribution is 2.40. The Kier molecular flexibility index (Phi) is 2.63. The fourth-order valence-corrected chi connectivity index (χ4v) is 2.42. The quantitative estimate of drug-likeness (QED) is 0.504. The molecule has 0 spiro atoms. The summed E-state index contributed by atoms with van der Waals surface area (Å²) in [6.45, 7) is 1.81. The minimum atomic E-state index is -0.181. The lowest BCUT2D eigenvalue weighted by Gasteiger charge is -2.08. The van der Waals surface area contributed by atoms with E-state index in [1.165, 1.54) is 16.7 Å². The Hall–Kier alpha value is -2.09. The Balaban J connectivity index is 2.06. The topological polar surface area (TPSA) is 26.3 Å². The highest BCUT2D eigenvalue weighted by molar-refractivity contribution is 5.81. The van der Waals surface area contributed by atoms with Crippen molar-refractivity contribution < 1.29 is 9.53 Å². The smallest absolute Gasteiger partial charge is 0.310 e. The molecule has 1 aliphatic carbocycles. The highest BCUT2D eigenvalue weighted by Gasteiger charge is 2.21. The first kappa shape index (κ1) is 11.0. The average Bonchev–Trinajstić information content (AvgIpc) is 2.78. The molecule has 0 saturated carbocycles. The van der Waals surface area contributed by atoms with Crippen molar-refractivity contribution in [1.82, 2.24) is 0 Å². The lowest BCUT2D eigenvalue weighted by molar-refractivity contribution is -0.134. The van der Waals surface area contributed by atoms with Gasteiger partial charge in [0.25, 0.3) is 0 Å². The Labute approximate surface area is 106 Å². The van der Waals surface area contributed by atoms with E-state index in [1.807, 2.05) is 24.3 Å². The van der Waals surface area contributed by atoms with Crippen LogP contribution in [-0.4, -0.2) is 5.97 Å². The number of ether oxygens (including phenoxy) is 1. The number of rotatable bonds is 2. The van der Waals surface area contributed by atoms with E-state index in [-0.39, 0.29) is 5.97 Å².